The first-order valence-corrected chi connectivity index (χ1v) is 7.92. The normalized spacial score (nSPS) is 13.1. The van der Waals surface area contributed by atoms with Crippen LogP contribution in [0.1, 0.15) is 16.8 Å². The number of H-pyrrole nitrogens is 1. The first-order chi connectivity index (χ1) is 10.7. The standard InChI is InChI=1S/C17H13BrN2O2/c18-14-8-10(7-11-5-6-22-16(11)14)9-15-12-3-1-2-4-13(12)17(21)20-19-15/h1-4,7-8H,5-6,9H2,(H,20,21). The highest BCUT2D eigenvalue weighted by atomic mass is 79.9. The summed E-state index contributed by atoms with van der Waals surface area (Å²) in [5, 5.41) is 8.41. The third-order valence-electron chi connectivity index (χ3n) is 3.94. The maximum absolute atomic E-state index is 11.8. The summed E-state index contributed by atoms with van der Waals surface area (Å²) in [5.74, 6) is 0.947. The summed E-state index contributed by atoms with van der Waals surface area (Å²) in [7, 11) is 0. The number of ether oxygens (including phenoxy) is 1. The number of rotatable bonds is 2. The van der Waals surface area contributed by atoms with Gasteiger partial charge in [-0.25, -0.2) is 5.10 Å². The zero-order valence-electron chi connectivity index (χ0n) is 11.7. The Morgan fingerprint density at radius 3 is 2.91 bits per heavy atom. The van der Waals surface area contributed by atoms with Gasteiger partial charge in [-0.3, -0.25) is 4.79 Å². The Balaban J connectivity index is 1.80. The van der Waals surface area contributed by atoms with Crippen LogP contribution in [-0.2, 0) is 12.8 Å². The Hall–Kier alpha value is -2.14. The number of nitrogens with zero attached hydrogens (tertiary/aromatic N) is 1. The highest BCUT2D eigenvalue weighted by Gasteiger charge is 2.17. The van der Waals surface area contributed by atoms with Gasteiger partial charge in [0.05, 0.1) is 22.2 Å². The predicted molar refractivity (Wildman–Crippen MR) is 88.5 cm³/mol. The molecule has 0 bridgehead atoms. The molecule has 0 unspecified atom stereocenters. The van der Waals surface area contributed by atoms with Crippen molar-refractivity contribution < 1.29 is 4.74 Å². The smallest absolute Gasteiger partial charge is 0.272 e. The molecule has 5 heteroatoms. The van der Waals surface area contributed by atoms with Crippen LogP contribution in [0.2, 0.25) is 0 Å². The molecule has 0 saturated heterocycles. The maximum atomic E-state index is 11.8. The average molecular weight is 357 g/mol. The van der Waals surface area contributed by atoms with Crippen molar-refractivity contribution in [3.05, 3.63) is 68.0 Å². The third kappa shape index (κ3) is 2.22. The molecule has 1 N–H and O–H groups in total. The Labute approximate surface area is 135 Å². The molecule has 2 aromatic carbocycles. The fourth-order valence-corrected chi connectivity index (χ4v) is 3.59. The minimum absolute atomic E-state index is 0.150. The van der Waals surface area contributed by atoms with E-state index in [1.165, 1.54) is 5.56 Å². The van der Waals surface area contributed by atoms with Gasteiger partial charge < -0.3 is 4.74 Å². The molecule has 0 spiro atoms. The number of nitrogens with one attached hydrogen (secondary N) is 1. The van der Waals surface area contributed by atoms with Crippen LogP contribution < -0.4 is 10.3 Å². The molecule has 1 aromatic heterocycles. The van der Waals surface area contributed by atoms with Gasteiger partial charge in [0.15, 0.2) is 0 Å². The molecule has 0 fully saturated rings. The Kier molecular flexibility index (Phi) is 3.22. The van der Waals surface area contributed by atoms with Crippen molar-refractivity contribution in [1.29, 1.82) is 0 Å². The molecule has 4 rings (SSSR count). The SMILES string of the molecule is O=c1[nH]nc(Cc2cc(Br)c3c(c2)CCO3)c2ccccc12. The average Bonchev–Trinajstić information content (AvgIpc) is 2.99. The molecule has 0 amide bonds. The quantitative estimate of drug-likeness (QED) is 0.766. The second kappa shape index (κ2) is 5.25. The minimum atomic E-state index is -0.150. The first kappa shape index (κ1) is 13.5. The summed E-state index contributed by atoms with van der Waals surface area (Å²) in [5.41, 5.74) is 3.10. The van der Waals surface area contributed by atoms with Crippen molar-refractivity contribution in [2.75, 3.05) is 6.61 Å². The van der Waals surface area contributed by atoms with Gasteiger partial charge in [0.2, 0.25) is 0 Å². The topological polar surface area (TPSA) is 55.0 Å². The molecule has 1 aliphatic rings. The highest BCUT2D eigenvalue weighted by molar-refractivity contribution is 9.10. The molecule has 2 heterocycles. The van der Waals surface area contributed by atoms with E-state index < -0.39 is 0 Å². The maximum Gasteiger partial charge on any atom is 0.272 e. The summed E-state index contributed by atoms with van der Waals surface area (Å²) in [6, 6.07) is 11.8. The van der Waals surface area contributed by atoms with Crippen molar-refractivity contribution in [2.24, 2.45) is 0 Å². The molecule has 0 aliphatic carbocycles. The Morgan fingerprint density at radius 2 is 2.05 bits per heavy atom. The predicted octanol–water partition coefficient (Wildman–Crippen LogP) is 3.21. The van der Waals surface area contributed by atoms with E-state index >= 15 is 0 Å². The first-order valence-electron chi connectivity index (χ1n) is 7.13. The molecule has 0 radical (unpaired) electrons. The zero-order valence-corrected chi connectivity index (χ0v) is 13.3. The monoisotopic (exact) mass is 356 g/mol. The van der Waals surface area contributed by atoms with Crippen molar-refractivity contribution in [2.45, 2.75) is 12.8 Å². The lowest BCUT2D eigenvalue weighted by Crippen LogP contribution is -2.11. The fraction of sp³-hybridized carbons (Fsp3) is 0.176. The number of aromatic amines is 1. The largest absolute Gasteiger partial charge is 0.492 e. The number of hydrogen-bond donors (Lipinski definition) is 1. The van der Waals surface area contributed by atoms with E-state index in [0.717, 1.165) is 39.9 Å². The molecule has 0 saturated carbocycles. The molecule has 1 aliphatic heterocycles. The third-order valence-corrected chi connectivity index (χ3v) is 4.53. The van der Waals surface area contributed by atoms with Crippen LogP contribution in [-0.4, -0.2) is 16.8 Å². The Morgan fingerprint density at radius 1 is 1.23 bits per heavy atom. The van der Waals surface area contributed by atoms with E-state index in [0.29, 0.717) is 11.8 Å². The zero-order chi connectivity index (χ0) is 15.1. The Bertz CT molecular complexity index is 934. The summed E-state index contributed by atoms with van der Waals surface area (Å²) < 4.78 is 6.59. The molecule has 110 valence electrons. The number of fused-ring (bicyclic) bond motifs is 2. The van der Waals surface area contributed by atoms with Gasteiger partial charge in [0, 0.05) is 18.2 Å². The van der Waals surface area contributed by atoms with E-state index in [-0.39, 0.29) is 5.56 Å². The van der Waals surface area contributed by atoms with Crippen LogP contribution >= 0.6 is 15.9 Å². The van der Waals surface area contributed by atoms with Gasteiger partial charge in [-0.2, -0.15) is 5.10 Å². The fourth-order valence-electron chi connectivity index (χ4n) is 2.92. The molecule has 4 nitrogen and oxygen atoms in total. The molecule has 3 aromatic rings. The second-order valence-corrected chi connectivity index (χ2v) is 6.24. The van der Waals surface area contributed by atoms with Crippen LogP contribution in [0.3, 0.4) is 0 Å². The molecule has 22 heavy (non-hydrogen) atoms. The lowest BCUT2D eigenvalue weighted by Gasteiger charge is -2.08. The minimum Gasteiger partial charge on any atom is -0.492 e. The number of halogens is 1. The van der Waals surface area contributed by atoms with E-state index in [2.05, 4.69) is 38.3 Å². The van der Waals surface area contributed by atoms with E-state index in [1.807, 2.05) is 24.3 Å². The van der Waals surface area contributed by atoms with Crippen LogP contribution in [0, 0.1) is 0 Å². The van der Waals surface area contributed by atoms with Crippen LogP contribution in [0.15, 0.2) is 45.7 Å². The summed E-state index contributed by atoms with van der Waals surface area (Å²) in [4.78, 5) is 11.8. The van der Waals surface area contributed by atoms with Crippen molar-refractivity contribution in [1.82, 2.24) is 10.2 Å². The van der Waals surface area contributed by atoms with Crippen molar-refractivity contribution in [3.8, 4) is 5.75 Å². The van der Waals surface area contributed by atoms with Gasteiger partial charge in [-0.05, 0) is 39.2 Å². The van der Waals surface area contributed by atoms with Crippen LogP contribution in [0.4, 0.5) is 0 Å². The highest BCUT2D eigenvalue weighted by Crippen LogP contribution is 2.35. The van der Waals surface area contributed by atoms with E-state index in [9.17, 15) is 4.79 Å². The lowest BCUT2D eigenvalue weighted by molar-refractivity contribution is 0.355. The van der Waals surface area contributed by atoms with Crippen LogP contribution in [0.5, 0.6) is 5.75 Å². The second-order valence-electron chi connectivity index (χ2n) is 5.39. The van der Waals surface area contributed by atoms with Gasteiger partial charge in [-0.15, -0.1) is 0 Å². The number of aromatic nitrogens is 2. The number of hydrogen-bond acceptors (Lipinski definition) is 3. The summed E-state index contributed by atoms with van der Waals surface area (Å²) in [6.45, 7) is 0.733. The van der Waals surface area contributed by atoms with Gasteiger partial charge in [0.1, 0.15) is 5.75 Å². The van der Waals surface area contributed by atoms with Gasteiger partial charge >= 0.3 is 0 Å². The van der Waals surface area contributed by atoms with Crippen molar-refractivity contribution in [3.63, 3.8) is 0 Å². The van der Waals surface area contributed by atoms with E-state index in [1.54, 1.807) is 0 Å². The lowest BCUT2D eigenvalue weighted by atomic mass is 10.0. The summed E-state index contributed by atoms with van der Waals surface area (Å²) >= 11 is 3.57. The van der Waals surface area contributed by atoms with Gasteiger partial charge in [0.25, 0.3) is 5.56 Å². The molecular weight excluding hydrogens is 344 g/mol. The summed E-state index contributed by atoms with van der Waals surface area (Å²) in [6.07, 6.45) is 1.60. The molecular formula is C17H13BrN2O2. The van der Waals surface area contributed by atoms with Gasteiger partial charge in [-0.1, -0.05) is 24.3 Å². The van der Waals surface area contributed by atoms with Crippen molar-refractivity contribution >= 4 is 26.7 Å². The van der Waals surface area contributed by atoms with Crippen LogP contribution in [0.25, 0.3) is 10.8 Å². The molecule has 0 atom stereocenters. The number of benzene rings is 2. The van der Waals surface area contributed by atoms with E-state index in [4.69, 9.17) is 4.74 Å².